The summed E-state index contributed by atoms with van der Waals surface area (Å²) >= 11 is 0. The van der Waals surface area contributed by atoms with Crippen molar-refractivity contribution in [2.45, 2.75) is 0 Å². The highest BCUT2D eigenvalue weighted by atomic mass is 19.1. The molecule has 3 rings (SSSR count). The predicted molar refractivity (Wildman–Crippen MR) is 78.7 cm³/mol. The lowest BCUT2D eigenvalue weighted by Gasteiger charge is -2.19. The molecule has 0 aliphatic rings. The number of aromatic nitrogens is 3. The van der Waals surface area contributed by atoms with Gasteiger partial charge in [0.15, 0.2) is 5.65 Å². The Labute approximate surface area is 121 Å². The van der Waals surface area contributed by atoms with Gasteiger partial charge in [-0.15, -0.1) is 0 Å². The van der Waals surface area contributed by atoms with Gasteiger partial charge in [0.1, 0.15) is 11.6 Å². The second kappa shape index (κ2) is 5.49. The first kappa shape index (κ1) is 13.5. The van der Waals surface area contributed by atoms with Crippen LogP contribution >= 0.6 is 0 Å². The van der Waals surface area contributed by atoms with E-state index in [1.807, 2.05) is 11.9 Å². The summed E-state index contributed by atoms with van der Waals surface area (Å²) in [5, 5.41) is 13.3. The molecule has 0 aliphatic carbocycles. The van der Waals surface area contributed by atoms with Crippen molar-refractivity contribution in [2.75, 3.05) is 25.1 Å². The topological polar surface area (TPSA) is 53.7 Å². The third-order valence-corrected chi connectivity index (χ3v) is 3.32. The number of benzene rings is 1. The van der Waals surface area contributed by atoms with Crippen molar-refractivity contribution in [3.63, 3.8) is 0 Å². The molecule has 0 bridgehead atoms. The van der Waals surface area contributed by atoms with Gasteiger partial charge >= 0.3 is 0 Å². The molecule has 0 atom stereocenters. The van der Waals surface area contributed by atoms with E-state index < -0.39 is 0 Å². The summed E-state index contributed by atoms with van der Waals surface area (Å²) in [6, 6.07) is 10.1. The minimum atomic E-state index is -0.315. The lowest BCUT2D eigenvalue weighted by Crippen LogP contribution is -2.24. The second-order valence-electron chi connectivity index (χ2n) is 4.73. The third kappa shape index (κ3) is 2.45. The maximum absolute atomic E-state index is 14.0. The first-order chi connectivity index (χ1) is 10.2. The van der Waals surface area contributed by atoms with Gasteiger partial charge in [-0.3, -0.25) is 0 Å². The van der Waals surface area contributed by atoms with Crippen molar-refractivity contribution in [1.82, 2.24) is 14.6 Å². The number of anilines is 1. The highest BCUT2D eigenvalue weighted by Crippen LogP contribution is 2.25. The zero-order valence-corrected chi connectivity index (χ0v) is 11.6. The summed E-state index contributed by atoms with van der Waals surface area (Å²) in [6.07, 6.45) is 1.64. The fraction of sp³-hybridized carbons (Fsp3) is 0.200. The van der Waals surface area contributed by atoms with Crippen LogP contribution in [0.15, 0.2) is 42.6 Å². The van der Waals surface area contributed by atoms with Gasteiger partial charge in [0.05, 0.1) is 18.5 Å². The number of hydrogen-bond acceptors (Lipinski definition) is 4. The molecule has 1 N–H and O–H groups in total. The van der Waals surface area contributed by atoms with Crippen molar-refractivity contribution >= 4 is 11.5 Å². The first-order valence-electron chi connectivity index (χ1n) is 6.62. The van der Waals surface area contributed by atoms with Crippen LogP contribution < -0.4 is 4.90 Å². The summed E-state index contributed by atoms with van der Waals surface area (Å²) in [7, 11) is 1.85. The maximum Gasteiger partial charge on any atom is 0.157 e. The summed E-state index contributed by atoms with van der Waals surface area (Å²) in [5.74, 6) is 0.432. The largest absolute Gasteiger partial charge is 0.395 e. The molecule has 2 heterocycles. The number of nitrogens with zero attached hydrogens (tertiary/aromatic N) is 4. The molecular formula is C15H15FN4O. The number of aliphatic hydroxyl groups excluding tert-OH is 1. The van der Waals surface area contributed by atoms with Crippen LogP contribution in [0.4, 0.5) is 10.2 Å². The molecule has 3 aromatic rings. The van der Waals surface area contributed by atoms with Gasteiger partial charge in [-0.1, -0.05) is 12.1 Å². The van der Waals surface area contributed by atoms with Crippen molar-refractivity contribution in [2.24, 2.45) is 0 Å². The van der Waals surface area contributed by atoms with E-state index in [4.69, 9.17) is 5.11 Å². The van der Waals surface area contributed by atoms with Crippen molar-refractivity contribution in [1.29, 1.82) is 0 Å². The van der Waals surface area contributed by atoms with Gasteiger partial charge in [0.2, 0.25) is 0 Å². The summed E-state index contributed by atoms with van der Waals surface area (Å²) in [5.41, 5.74) is 1.62. The molecule has 6 heteroatoms. The van der Waals surface area contributed by atoms with E-state index in [9.17, 15) is 4.39 Å². The van der Waals surface area contributed by atoms with E-state index in [0.717, 1.165) is 5.82 Å². The number of halogens is 1. The molecule has 0 spiro atoms. The highest BCUT2D eigenvalue weighted by molar-refractivity contribution is 5.67. The van der Waals surface area contributed by atoms with Gasteiger partial charge in [0, 0.05) is 31.3 Å². The van der Waals surface area contributed by atoms with Gasteiger partial charge in [-0.2, -0.15) is 9.61 Å². The maximum atomic E-state index is 14.0. The fourth-order valence-corrected chi connectivity index (χ4v) is 2.24. The summed E-state index contributed by atoms with van der Waals surface area (Å²) in [4.78, 5) is 6.29. The van der Waals surface area contributed by atoms with Crippen molar-refractivity contribution in [3.05, 3.63) is 48.4 Å². The molecule has 0 aliphatic heterocycles. The van der Waals surface area contributed by atoms with E-state index in [0.29, 0.717) is 23.4 Å². The van der Waals surface area contributed by atoms with Crippen LogP contribution in [0, 0.1) is 5.82 Å². The molecule has 0 fully saturated rings. The van der Waals surface area contributed by atoms with Gasteiger partial charge in [-0.25, -0.2) is 9.37 Å². The fourth-order valence-electron chi connectivity index (χ4n) is 2.24. The van der Waals surface area contributed by atoms with Crippen LogP contribution in [0.3, 0.4) is 0 Å². The van der Waals surface area contributed by atoms with Gasteiger partial charge in [0.25, 0.3) is 0 Å². The summed E-state index contributed by atoms with van der Waals surface area (Å²) < 4.78 is 15.6. The smallest absolute Gasteiger partial charge is 0.157 e. The average molecular weight is 286 g/mol. The first-order valence-corrected chi connectivity index (χ1v) is 6.62. The van der Waals surface area contributed by atoms with Crippen LogP contribution in [0.25, 0.3) is 16.9 Å². The number of fused-ring (bicyclic) bond motifs is 1. The standard InChI is InChI=1S/C15H15FN4O/c1-19(8-9-21)15-10-13(11-4-2-3-5-12(11)16)18-14-6-7-17-20(14)15/h2-7,10,21H,8-9H2,1H3. The van der Waals surface area contributed by atoms with Crippen LogP contribution in [0.1, 0.15) is 0 Å². The van der Waals surface area contributed by atoms with Gasteiger partial charge < -0.3 is 10.0 Å². The monoisotopic (exact) mass is 286 g/mol. The summed E-state index contributed by atoms with van der Waals surface area (Å²) in [6.45, 7) is 0.478. The van der Waals surface area contributed by atoms with E-state index in [1.54, 1.807) is 41.0 Å². The van der Waals surface area contributed by atoms with Crippen molar-refractivity contribution in [3.8, 4) is 11.3 Å². The molecule has 0 unspecified atom stereocenters. The van der Waals surface area contributed by atoms with E-state index in [-0.39, 0.29) is 12.4 Å². The quantitative estimate of drug-likeness (QED) is 0.796. The Kier molecular flexibility index (Phi) is 3.53. The van der Waals surface area contributed by atoms with E-state index in [1.165, 1.54) is 6.07 Å². The molecule has 108 valence electrons. The molecule has 1 aromatic carbocycles. The van der Waals surface area contributed by atoms with Crippen molar-refractivity contribution < 1.29 is 9.50 Å². The van der Waals surface area contributed by atoms with Crippen LogP contribution in [0.5, 0.6) is 0 Å². The second-order valence-corrected chi connectivity index (χ2v) is 4.73. The van der Waals surface area contributed by atoms with E-state index in [2.05, 4.69) is 10.1 Å². The zero-order chi connectivity index (χ0) is 14.8. The lowest BCUT2D eigenvalue weighted by molar-refractivity contribution is 0.303. The van der Waals surface area contributed by atoms with Crippen LogP contribution in [-0.4, -0.2) is 39.9 Å². The Hall–Kier alpha value is -2.47. The SMILES string of the molecule is CN(CCO)c1cc(-c2ccccc2F)nc2ccnn12. The van der Waals surface area contributed by atoms with Crippen LogP contribution in [0.2, 0.25) is 0 Å². The molecule has 21 heavy (non-hydrogen) atoms. The minimum Gasteiger partial charge on any atom is -0.395 e. The zero-order valence-electron chi connectivity index (χ0n) is 11.6. The normalized spacial score (nSPS) is 11.0. The molecule has 0 radical (unpaired) electrons. The van der Waals surface area contributed by atoms with Crippen LogP contribution in [-0.2, 0) is 0 Å². The Balaban J connectivity index is 2.19. The number of likely N-dealkylation sites (N-methyl/N-ethyl adjacent to an activating group) is 1. The molecule has 0 amide bonds. The molecular weight excluding hydrogens is 271 g/mol. The molecule has 0 saturated heterocycles. The Morgan fingerprint density at radius 3 is 2.86 bits per heavy atom. The molecule has 2 aromatic heterocycles. The Morgan fingerprint density at radius 2 is 2.10 bits per heavy atom. The van der Waals surface area contributed by atoms with Gasteiger partial charge in [-0.05, 0) is 12.1 Å². The number of rotatable bonds is 4. The lowest BCUT2D eigenvalue weighted by atomic mass is 10.1. The number of aliphatic hydroxyl groups is 1. The minimum absolute atomic E-state index is 0.0244. The Morgan fingerprint density at radius 1 is 1.29 bits per heavy atom. The molecule has 5 nitrogen and oxygen atoms in total. The van der Waals surface area contributed by atoms with E-state index >= 15 is 0 Å². The average Bonchev–Trinajstić information content (AvgIpc) is 2.95. The molecule has 0 saturated carbocycles. The predicted octanol–water partition coefficient (Wildman–Crippen LogP) is 1.96. The Bertz CT molecular complexity index is 771. The number of hydrogen-bond donors (Lipinski definition) is 1. The highest BCUT2D eigenvalue weighted by Gasteiger charge is 2.13. The third-order valence-electron chi connectivity index (χ3n) is 3.32.